The van der Waals surface area contributed by atoms with Crippen LogP contribution in [-0.4, -0.2) is 42.3 Å². The Morgan fingerprint density at radius 3 is 2.55 bits per heavy atom. The van der Waals surface area contributed by atoms with Crippen molar-refractivity contribution in [1.29, 1.82) is 0 Å². The predicted molar refractivity (Wildman–Crippen MR) is 146 cm³/mol. The second-order valence-electron chi connectivity index (χ2n) is 9.40. The number of allylic oxidation sites excluding steroid dienone is 1. The van der Waals surface area contributed by atoms with Crippen LogP contribution in [0, 0.1) is 12.7 Å². The summed E-state index contributed by atoms with van der Waals surface area (Å²) in [5.41, 5.74) is 4.10. The fourth-order valence-corrected chi connectivity index (χ4v) is 4.98. The molecule has 1 aliphatic rings. The lowest BCUT2D eigenvalue weighted by Gasteiger charge is -2.22. The number of esters is 1. The first-order valence-electron chi connectivity index (χ1n) is 12.5. The van der Waals surface area contributed by atoms with Gasteiger partial charge in [0.1, 0.15) is 5.82 Å². The van der Waals surface area contributed by atoms with Crippen molar-refractivity contribution in [1.82, 2.24) is 4.90 Å². The van der Waals surface area contributed by atoms with Crippen LogP contribution < -0.4 is 0 Å². The number of carbonyl (C=O) groups is 3. The molecule has 3 aromatic carbocycles. The van der Waals surface area contributed by atoms with Crippen molar-refractivity contribution >= 4 is 29.3 Å². The van der Waals surface area contributed by atoms with E-state index in [0.717, 1.165) is 29.5 Å². The van der Waals surface area contributed by atoms with Gasteiger partial charge in [0.2, 0.25) is 5.91 Å². The zero-order chi connectivity index (χ0) is 27.2. The van der Waals surface area contributed by atoms with Crippen LogP contribution in [0.15, 0.2) is 72.8 Å². The normalized spacial score (nSPS) is 15.3. The number of aryl methyl sites for hydroxylation is 2. The van der Waals surface area contributed by atoms with Gasteiger partial charge in [-0.2, -0.15) is 0 Å². The predicted octanol–water partition coefficient (Wildman–Crippen LogP) is 6.60. The molecule has 0 aliphatic carbocycles. The molecule has 0 saturated carbocycles. The Balaban J connectivity index is 1.40. The van der Waals surface area contributed by atoms with Crippen molar-refractivity contribution in [3.63, 3.8) is 0 Å². The molecule has 0 spiro atoms. The Kier molecular flexibility index (Phi) is 8.74. The third-order valence-corrected chi connectivity index (χ3v) is 7.00. The molecule has 1 fully saturated rings. The van der Waals surface area contributed by atoms with Crippen LogP contribution in [0.5, 0.6) is 0 Å². The molecule has 0 N–H and O–H groups in total. The fourth-order valence-electron chi connectivity index (χ4n) is 4.76. The van der Waals surface area contributed by atoms with E-state index in [1.165, 1.54) is 25.3 Å². The van der Waals surface area contributed by atoms with Crippen LogP contribution in [0.25, 0.3) is 11.1 Å². The molecule has 5 nitrogen and oxygen atoms in total. The summed E-state index contributed by atoms with van der Waals surface area (Å²) in [5, 5.41) is 0.592. The molecule has 196 valence electrons. The van der Waals surface area contributed by atoms with E-state index in [1.54, 1.807) is 41.3 Å². The number of nitrogens with zero attached hydrogens (tertiary/aromatic N) is 1. The second kappa shape index (κ2) is 12.2. The maximum absolute atomic E-state index is 14.4. The number of hydrogen-bond donors (Lipinski definition) is 0. The number of hydrogen-bond acceptors (Lipinski definition) is 4. The van der Waals surface area contributed by atoms with Crippen LogP contribution in [0.3, 0.4) is 0 Å². The van der Waals surface area contributed by atoms with Crippen molar-refractivity contribution in [3.05, 3.63) is 106 Å². The highest BCUT2D eigenvalue weighted by Gasteiger charge is 2.28. The minimum atomic E-state index is -0.495. The lowest BCUT2D eigenvalue weighted by Crippen LogP contribution is -2.33. The molecule has 4 rings (SSSR count). The Bertz CT molecular complexity index is 1380. The van der Waals surface area contributed by atoms with E-state index in [-0.39, 0.29) is 29.3 Å². The number of ether oxygens (including phenoxy) is 1. The summed E-state index contributed by atoms with van der Waals surface area (Å²) < 4.78 is 19.1. The van der Waals surface area contributed by atoms with Crippen LogP contribution >= 0.6 is 11.6 Å². The molecule has 1 atom stereocenters. The molecule has 1 heterocycles. The highest BCUT2D eigenvalue weighted by molar-refractivity contribution is 6.30. The number of methoxy groups -OCH3 is 1. The van der Waals surface area contributed by atoms with Crippen LogP contribution in [0.4, 0.5) is 4.39 Å². The van der Waals surface area contributed by atoms with Gasteiger partial charge in [-0.1, -0.05) is 35.9 Å². The lowest BCUT2D eigenvalue weighted by molar-refractivity contribution is -0.128. The summed E-state index contributed by atoms with van der Waals surface area (Å²) >= 11 is 6.05. The smallest absolute Gasteiger partial charge is 0.337 e. The van der Waals surface area contributed by atoms with Crippen molar-refractivity contribution in [2.45, 2.75) is 38.6 Å². The SMILES string of the molecule is COC(=O)c1ccc(CCCN2C(=O)CC[C@@H]2/C=C/C(=O)c2cc(F)cc(-c3ccc(Cl)cc3C)c2)cc1. The minimum Gasteiger partial charge on any atom is -0.465 e. The maximum Gasteiger partial charge on any atom is 0.337 e. The Hall–Kier alpha value is -3.77. The van der Waals surface area contributed by atoms with E-state index in [0.29, 0.717) is 35.5 Å². The van der Waals surface area contributed by atoms with Gasteiger partial charge in [-0.3, -0.25) is 9.59 Å². The van der Waals surface area contributed by atoms with Crippen LogP contribution in [0.1, 0.15) is 51.1 Å². The largest absolute Gasteiger partial charge is 0.465 e. The Labute approximate surface area is 226 Å². The molecule has 1 aliphatic heterocycles. The number of carbonyl (C=O) groups excluding carboxylic acids is 3. The fraction of sp³-hybridized carbons (Fsp3) is 0.258. The quantitative estimate of drug-likeness (QED) is 0.176. The van der Waals surface area contributed by atoms with E-state index in [1.807, 2.05) is 25.1 Å². The van der Waals surface area contributed by atoms with Gasteiger partial charge >= 0.3 is 5.97 Å². The van der Waals surface area contributed by atoms with Gasteiger partial charge in [0.05, 0.1) is 18.7 Å². The molecule has 0 unspecified atom stereocenters. The zero-order valence-electron chi connectivity index (χ0n) is 21.4. The van der Waals surface area contributed by atoms with Gasteiger partial charge < -0.3 is 9.64 Å². The van der Waals surface area contributed by atoms with Gasteiger partial charge in [-0.05, 0) is 97.0 Å². The van der Waals surface area contributed by atoms with Crippen LogP contribution in [0.2, 0.25) is 5.02 Å². The molecule has 38 heavy (non-hydrogen) atoms. The monoisotopic (exact) mass is 533 g/mol. The average molecular weight is 534 g/mol. The molecular weight excluding hydrogens is 505 g/mol. The Morgan fingerprint density at radius 1 is 1.08 bits per heavy atom. The number of amides is 1. The lowest BCUT2D eigenvalue weighted by atomic mass is 9.97. The first-order valence-corrected chi connectivity index (χ1v) is 12.9. The first-order chi connectivity index (χ1) is 18.2. The third-order valence-electron chi connectivity index (χ3n) is 6.77. The third kappa shape index (κ3) is 6.56. The van der Waals surface area contributed by atoms with E-state index in [4.69, 9.17) is 16.3 Å². The second-order valence-corrected chi connectivity index (χ2v) is 9.83. The van der Waals surface area contributed by atoms with Gasteiger partial charge in [-0.25, -0.2) is 9.18 Å². The van der Waals surface area contributed by atoms with E-state index >= 15 is 0 Å². The summed E-state index contributed by atoms with van der Waals surface area (Å²) in [4.78, 5) is 38.8. The van der Waals surface area contributed by atoms with Gasteiger partial charge in [0.25, 0.3) is 0 Å². The maximum atomic E-state index is 14.4. The number of benzene rings is 3. The average Bonchev–Trinajstić information content (AvgIpc) is 3.25. The molecule has 0 bridgehead atoms. The highest BCUT2D eigenvalue weighted by atomic mass is 35.5. The summed E-state index contributed by atoms with van der Waals surface area (Å²) in [7, 11) is 1.35. The van der Waals surface area contributed by atoms with E-state index in [2.05, 4.69) is 0 Å². The molecule has 3 aromatic rings. The molecular formula is C31H29ClFNO4. The molecule has 0 aromatic heterocycles. The van der Waals surface area contributed by atoms with Gasteiger partial charge in [0, 0.05) is 23.6 Å². The van der Waals surface area contributed by atoms with E-state index < -0.39 is 5.82 Å². The van der Waals surface area contributed by atoms with E-state index in [9.17, 15) is 18.8 Å². The summed E-state index contributed by atoms with van der Waals surface area (Å²) in [6.07, 6.45) is 5.74. The van der Waals surface area contributed by atoms with Gasteiger partial charge in [0.15, 0.2) is 5.78 Å². The first kappa shape index (κ1) is 27.3. The Morgan fingerprint density at radius 2 is 1.84 bits per heavy atom. The summed E-state index contributed by atoms with van der Waals surface area (Å²) in [6.45, 7) is 2.44. The number of ketones is 1. The zero-order valence-corrected chi connectivity index (χ0v) is 22.1. The van der Waals surface area contributed by atoms with Crippen molar-refractivity contribution in [3.8, 4) is 11.1 Å². The molecule has 1 amide bonds. The highest BCUT2D eigenvalue weighted by Crippen LogP contribution is 2.28. The summed E-state index contributed by atoms with van der Waals surface area (Å²) in [6, 6.07) is 16.7. The summed E-state index contributed by atoms with van der Waals surface area (Å²) in [5.74, 6) is -1.13. The van der Waals surface area contributed by atoms with Crippen molar-refractivity contribution in [2.24, 2.45) is 0 Å². The van der Waals surface area contributed by atoms with Gasteiger partial charge in [-0.15, -0.1) is 0 Å². The number of halogens is 2. The van der Waals surface area contributed by atoms with Crippen molar-refractivity contribution in [2.75, 3.05) is 13.7 Å². The van der Waals surface area contributed by atoms with Crippen molar-refractivity contribution < 1.29 is 23.5 Å². The van der Waals surface area contributed by atoms with Crippen LogP contribution in [-0.2, 0) is 16.0 Å². The number of rotatable bonds is 9. The molecule has 1 saturated heterocycles. The number of likely N-dealkylation sites (tertiary alicyclic amines) is 1. The standard InChI is InChI=1S/C31H29ClFNO4/c1-20-16-25(32)9-12-28(20)23-17-24(19-26(33)18-23)29(35)13-10-27-11-14-30(36)34(27)15-3-4-21-5-7-22(8-6-21)31(37)38-2/h5-10,12-13,16-19,27H,3-4,11,14-15H2,1-2H3/b13-10+/t27-/m0/s1. The minimum absolute atomic E-state index is 0.0550. The molecule has 7 heteroatoms. The molecule has 0 radical (unpaired) electrons. The topological polar surface area (TPSA) is 63.7 Å².